The molecule has 0 N–H and O–H groups in total. The molecule has 2 rings (SSSR count). The number of fused-ring (bicyclic) bond motifs is 1. The fourth-order valence-electron chi connectivity index (χ4n) is 2.14. The van der Waals surface area contributed by atoms with Crippen LogP contribution in [0.15, 0.2) is 18.2 Å². The zero-order valence-electron chi connectivity index (χ0n) is 14.7. The lowest BCUT2D eigenvalue weighted by Crippen LogP contribution is -2.13. The summed E-state index contributed by atoms with van der Waals surface area (Å²) < 4.78 is 27.7. The molecule has 1 aromatic rings. The van der Waals surface area contributed by atoms with Crippen LogP contribution >= 0.6 is 0 Å². The maximum atomic E-state index is 11.3. The minimum absolute atomic E-state index is 0. The molecule has 1 aliphatic heterocycles. The van der Waals surface area contributed by atoms with E-state index in [1.165, 1.54) is 0 Å². The Morgan fingerprint density at radius 3 is 1.81 bits per heavy atom. The number of Topliss-reactive ketones (excluding diaryl/α,β-unsaturated/α-hetero) is 1. The van der Waals surface area contributed by atoms with E-state index in [-0.39, 0.29) is 13.2 Å². The molecule has 0 aliphatic carbocycles. The van der Waals surface area contributed by atoms with Gasteiger partial charge < -0.3 is 28.5 Å². The van der Waals surface area contributed by atoms with Gasteiger partial charge in [0.2, 0.25) is 0 Å². The number of rotatable bonds is 2. The summed E-state index contributed by atoms with van der Waals surface area (Å²) in [5.74, 6) is 1.38. The van der Waals surface area contributed by atoms with E-state index in [0.717, 1.165) is 5.56 Å². The zero-order chi connectivity index (χ0) is 18.3. The van der Waals surface area contributed by atoms with E-state index >= 15 is 0 Å². The first-order valence-electron chi connectivity index (χ1n) is 8.16. The summed E-state index contributed by atoms with van der Waals surface area (Å²) in [5.41, 5.74) is 0.906. The Bertz CT molecular complexity index is 505. The Morgan fingerprint density at radius 1 is 0.846 bits per heavy atom. The predicted octanol–water partition coefficient (Wildman–Crippen LogP) is 2.09. The van der Waals surface area contributed by atoms with Gasteiger partial charge in [0, 0.05) is 6.42 Å². The molecule has 7 heteroatoms. The van der Waals surface area contributed by atoms with Gasteiger partial charge in [-0.2, -0.15) is 0 Å². The monoisotopic (exact) mass is 370 g/mol. The first kappa shape index (κ1) is 24.0. The summed E-state index contributed by atoms with van der Waals surface area (Å²) in [6, 6.07) is 5.55. The van der Waals surface area contributed by atoms with Crippen molar-refractivity contribution in [3.05, 3.63) is 23.8 Å². The molecule has 26 heavy (non-hydrogen) atoms. The van der Waals surface area contributed by atoms with Crippen molar-refractivity contribution >= 4 is 12.6 Å². The van der Waals surface area contributed by atoms with Crippen LogP contribution < -0.4 is 9.47 Å². The van der Waals surface area contributed by atoms with E-state index in [4.69, 9.17) is 28.5 Å². The van der Waals surface area contributed by atoms with Crippen molar-refractivity contribution in [3.8, 4) is 11.5 Å². The van der Waals surface area contributed by atoms with Gasteiger partial charge in [0.1, 0.15) is 25.8 Å². The SMILES string of the molecule is C.C=O.CC(=O)Cc1ccc2c(c1)OCCOCCOCCOCCO2. The second-order valence-electron chi connectivity index (χ2n) is 5.19. The second kappa shape index (κ2) is 15.3. The average Bonchev–Trinajstić information content (AvgIpc) is 2.62. The van der Waals surface area contributed by atoms with Crippen molar-refractivity contribution in [2.45, 2.75) is 20.8 Å². The van der Waals surface area contributed by atoms with E-state index in [2.05, 4.69) is 0 Å². The molecule has 1 heterocycles. The molecule has 0 unspecified atom stereocenters. The van der Waals surface area contributed by atoms with Crippen molar-refractivity contribution in [1.82, 2.24) is 0 Å². The maximum Gasteiger partial charge on any atom is 0.161 e. The van der Waals surface area contributed by atoms with Gasteiger partial charge in [0.05, 0.1) is 39.6 Å². The van der Waals surface area contributed by atoms with Gasteiger partial charge in [0.15, 0.2) is 11.5 Å². The molecule has 0 saturated carbocycles. The van der Waals surface area contributed by atoms with Gasteiger partial charge >= 0.3 is 0 Å². The standard InChI is InChI=1S/C17H24O6.CH2O.CH4/c1-14(18)12-15-2-3-16-17(13-15)23-11-9-21-7-5-19-4-6-20-8-10-22-16;1-2;/h2-3,13H,4-12H2,1H3;1H2;1H4. The molecule has 0 bridgehead atoms. The van der Waals surface area contributed by atoms with E-state index in [1.807, 2.05) is 25.0 Å². The number of hydrogen-bond acceptors (Lipinski definition) is 7. The Kier molecular flexibility index (Phi) is 14.2. The third-order valence-electron chi connectivity index (χ3n) is 3.18. The van der Waals surface area contributed by atoms with E-state index < -0.39 is 0 Å². The first-order valence-corrected chi connectivity index (χ1v) is 8.16. The molecule has 7 nitrogen and oxygen atoms in total. The van der Waals surface area contributed by atoms with Crippen LogP contribution in [0.3, 0.4) is 0 Å². The molecular formula is C19H30O7. The molecule has 0 atom stereocenters. The fourth-order valence-corrected chi connectivity index (χ4v) is 2.14. The zero-order valence-corrected chi connectivity index (χ0v) is 14.7. The minimum Gasteiger partial charge on any atom is -0.487 e. The van der Waals surface area contributed by atoms with Crippen LogP contribution in [0, 0.1) is 0 Å². The lowest BCUT2D eigenvalue weighted by Gasteiger charge is -2.14. The third kappa shape index (κ3) is 10.1. The molecule has 0 saturated heterocycles. The van der Waals surface area contributed by atoms with Gasteiger partial charge in [-0.1, -0.05) is 13.5 Å². The number of ketones is 1. The van der Waals surface area contributed by atoms with Gasteiger partial charge in [-0.25, -0.2) is 0 Å². The van der Waals surface area contributed by atoms with Gasteiger partial charge in [-0.3, -0.25) is 4.79 Å². The number of ether oxygens (including phenoxy) is 5. The summed E-state index contributed by atoms with van der Waals surface area (Å²) in [6.45, 7) is 7.51. The normalized spacial score (nSPS) is 15.9. The number of carbonyl (C=O) groups is 2. The first-order chi connectivity index (χ1) is 12.3. The molecule has 1 aliphatic rings. The summed E-state index contributed by atoms with van der Waals surface area (Å²) in [4.78, 5) is 19.3. The lowest BCUT2D eigenvalue weighted by molar-refractivity contribution is -0.116. The fraction of sp³-hybridized carbons (Fsp3) is 0.579. The summed E-state index contributed by atoms with van der Waals surface area (Å²) >= 11 is 0. The van der Waals surface area contributed by atoms with Crippen LogP contribution in [0.25, 0.3) is 0 Å². The third-order valence-corrected chi connectivity index (χ3v) is 3.18. The summed E-state index contributed by atoms with van der Waals surface area (Å²) in [6.07, 6.45) is 0.383. The van der Waals surface area contributed by atoms with E-state index in [9.17, 15) is 4.79 Å². The maximum absolute atomic E-state index is 11.3. The smallest absolute Gasteiger partial charge is 0.161 e. The molecule has 1 aromatic carbocycles. The van der Waals surface area contributed by atoms with Crippen LogP contribution in [0.2, 0.25) is 0 Å². The number of benzene rings is 1. The van der Waals surface area contributed by atoms with Crippen LogP contribution in [-0.4, -0.2) is 65.4 Å². The van der Waals surface area contributed by atoms with Crippen LogP contribution in [0.1, 0.15) is 19.9 Å². The van der Waals surface area contributed by atoms with Gasteiger partial charge in [0.25, 0.3) is 0 Å². The highest BCUT2D eigenvalue weighted by molar-refractivity contribution is 5.78. The van der Waals surface area contributed by atoms with Crippen molar-refractivity contribution in [2.75, 3.05) is 52.9 Å². The van der Waals surface area contributed by atoms with Crippen LogP contribution in [-0.2, 0) is 30.2 Å². The van der Waals surface area contributed by atoms with Crippen molar-refractivity contribution in [2.24, 2.45) is 0 Å². The minimum atomic E-state index is 0. The predicted molar refractivity (Wildman–Crippen MR) is 98.1 cm³/mol. The van der Waals surface area contributed by atoms with Crippen LogP contribution in [0.5, 0.6) is 11.5 Å². The Hall–Kier alpha value is -1.96. The van der Waals surface area contributed by atoms with E-state index in [0.29, 0.717) is 70.8 Å². The second-order valence-corrected chi connectivity index (χ2v) is 5.19. The molecule has 0 radical (unpaired) electrons. The van der Waals surface area contributed by atoms with Crippen LogP contribution in [0.4, 0.5) is 0 Å². The van der Waals surface area contributed by atoms with Crippen molar-refractivity contribution < 1.29 is 33.3 Å². The highest BCUT2D eigenvalue weighted by Crippen LogP contribution is 2.28. The molecule has 148 valence electrons. The molecule has 0 amide bonds. The molecule has 0 aromatic heterocycles. The Labute approximate surface area is 155 Å². The molecule has 0 fully saturated rings. The number of hydrogen-bond donors (Lipinski definition) is 0. The average molecular weight is 370 g/mol. The molecular weight excluding hydrogens is 340 g/mol. The quantitative estimate of drug-likeness (QED) is 0.788. The number of carbonyl (C=O) groups excluding carboxylic acids is 2. The van der Waals surface area contributed by atoms with Crippen molar-refractivity contribution in [1.29, 1.82) is 0 Å². The highest BCUT2D eigenvalue weighted by Gasteiger charge is 2.09. The topological polar surface area (TPSA) is 80.3 Å². The molecule has 0 spiro atoms. The largest absolute Gasteiger partial charge is 0.487 e. The summed E-state index contributed by atoms with van der Waals surface area (Å²) in [5, 5.41) is 0. The highest BCUT2D eigenvalue weighted by atomic mass is 16.6. The summed E-state index contributed by atoms with van der Waals surface area (Å²) in [7, 11) is 0. The van der Waals surface area contributed by atoms with Gasteiger partial charge in [-0.15, -0.1) is 0 Å². The van der Waals surface area contributed by atoms with E-state index in [1.54, 1.807) is 6.92 Å². The lowest BCUT2D eigenvalue weighted by atomic mass is 10.1. The Morgan fingerprint density at radius 2 is 1.31 bits per heavy atom. The van der Waals surface area contributed by atoms with Gasteiger partial charge in [-0.05, 0) is 24.6 Å². The van der Waals surface area contributed by atoms with Crippen molar-refractivity contribution in [3.63, 3.8) is 0 Å². The Balaban J connectivity index is 0.00000201.